The molecular formula is C10H19N5O. The molecule has 6 nitrogen and oxygen atoms in total. The summed E-state index contributed by atoms with van der Waals surface area (Å²) in [7, 11) is 0. The van der Waals surface area contributed by atoms with Gasteiger partial charge in [-0.15, -0.1) is 0 Å². The highest BCUT2D eigenvalue weighted by molar-refractivity contribution is 5.79. The lowest BCUT2D eigenvalue weighted by Gasteiger charge is -2.13. The molecule has 0 aliphatic carbocycles. The summed E-state index contributed by atoms with van der Waals surface area (Å²) in [5.74, 6) is 1.28. The lowest BCUT2D eigenvalue weighted by atomic mass is 10.2. The number of carbonyl (C=O) groups excluding carboxylic acids is 1. The Labute approximate surface area is 95.2 Å². The van der Waals surface area contributed by atoms with E-state index < -0.39 is 0 Å². The van der Waals surface area contributed by atoms with Crippen LogP contribution in [-0.2, 0) is 11.3 Å². The molecule has 6 heteroatoms. The molecule has 0 bridgehead atoms. The van der Waals surface area contributed by atoms with Gasteiger partial charge in [0, 0.05) is 6.54 Å². The van der Waals surface area contributed by atoms with Crippen LogP contribution in [0.5, 0.6) is 0 Å². The highest BCUT2D eigenvalue weighted by atomic mass is 16.1. The molecule has 3 N–H and O–H groups in total. The van der Waals surface area contributed by atoms with Gasteiger partial charge in [-0.05, 0) is 26.8 Å². The van der Waals surface area contributed by atoms with Crippen LogP contribution in [0, 0.1) is 13.8 Å². The molecule has 0 aromatic carbocycles. The van der Waals surface area contributed by atoms with Gasteiger partial charge in [0.1, 0.15) is 11.6 Å². The van der Waals surface area contributed by atoms with Crippen molar-refractivity contribution < 1.29 is 4.79 Å². The van der Waals surface area contributed by atoms with E-state index in [0.717, 1.165) is 18.2 Å². The van der Waals surface area contributed by atoms with Crippen molar-refractivity contribution in [3.8, 4) is 0 Å². The van der Waals surface area contributed by atoms with E-state index in [2.05, 4.69) is 15.4 Å². The van der Waals surface area contributed by atoms with Gasteiger partial charge in [-0.2, -0.15) is 5.10 Å². The van der Waals surface area contributed by atoms with E-state index in [9.17, 15) is 4.79 Å². The van der Waals surface area contributed by atoms with Crippen molar-refractivity contribution in [3.63, 3.8) is 0 Å². The summed E-state index contributed by atoms with van der Waals surface area (Å²) in [6.45, 7) is 7.06. The first-order valence-corrected chi connectivity index (χ1v) is 5.45. The molecule has 1 heterocycles. The molecule has 0 radical (unpaired) electrons. The van der Waals surface area contributed by atoms with Crippen LogP contribution in [0.25, 0.3) is 0 Å². The smallest absolute Gasteiger partial charge is 0.234 e. The Balaban J connectivity index is 2.55. The molecule has 1 aromatic heterocycles. The molecule has 0 aliphatic rings. The second kappa shape index (κ2) is 5.60. The van der Waals surface area contributed by atoms with Crippen LogP contribution in [0.4, 0.5) is 0 Å². The van der Waals surface area contributed by atoms with Gasteiger partial charge in [0.05, 0.1) is 6.04 Å². The number of nitrogens with two attached hydrogens (primary N) is 1. The highest BCUT2D eigenvalue weighted by Crippen LogP contribution is 2.00. The first-order chi connectivity index (χ1) is 7.54. The van der Waals surface area contributed by atoms with Crippen LogP contribution in [0.3, 0.4) is 0 Å². The van der Waals surface area contributed by atoms with E-state index in [0.29, 0.717) is 13.0 Å². The van der Waals surface area contributed by atoms with Crippen LogP contribution >= 0.6 is 0 Å². The van der Waals surface area contributed by atoms with Gasteiger partial charge in [0.25, 0.3) is 0 Å². The highest BCUT2D eigenvalue weighted by Gasteiger charge is 2.14. The number of rotatable bonds is 6. The van der Waals surface area contributed by atoms with Gasteiger partial charge in [-0.25, -0.2) is 4.98 Å². The van der Waals surface area contributed by atoms with Gasteiger partial charge < -0.3 is 11.1 Å². The Kier molecular flexibility index (Phi) is 4.42. The number of nitrogens with one attached hydrogen (secondary N) is 1. The maximum absolute atomic E-state index is 11.1. The molecule has 0 spiro atoms. The molecule has 1 rings (SSSR count). The summed E-state index contributed by atoms with van der Waals surface area (Å²) in [5, 5.41) is 7.27. The number of likely N-dealkylation sites (N-methyl/N-ethyl adjacent to an activating group) is 1. The van der Waals surface area contributed by atoms with Crippen LogP contribution in [0.2, 0.25) is 0 Å². The van der Waals surface area contributed by atoms with Crippen LogP contribution in [-0.4, -0.2) is 33.3 Å². The second-order valence-electron chi connectivity index (χ2n) is 3.73. The molecule has 0 fully saturated rings. The third-order valence-electron chi connectivity index (χ3n) is 2.39. The van der Waals surface area contributed by atoms with Crippen molar-refractivity contribution >= 4 is 5.91 Å². The third kappa shape index (κ3) is 3.30. The zero-order chi connectivity index (χ0) is 12.1. The summed E-state index contributed by atoms with van der Waals surface area (Å²) in [6.07, 6.45) is 0.632. The molecule has 0 saturated carbocycles. The topological polar surface area (TPSA) is 85.8 Å². The van der Waals surface area contributed by atoms with Crippen LogP contribution in [0.1, 0.15) is 25.0 Å². The summed E-state index contributed by atoms with van der Waals surface area (Å²) in [6, 6.07) is -0.297. The number of hydrogen-bond acceptors (Lipinski definition) is 4. The minimum absolute atomic E-state index is 0.297. The van der Waals surface area contributed by atoms with Gasteiger partial charge in [0.2, 0.25) is 5.91 Å². The van der Waals surface area contributed by atoms with E-state index in [1.54, 1.807) is 4.68 Å². The normalized spacial score (nSPS) is 12.7. The number of nitrogens with zero attached hydrogens (tertiary/aromatic N) is 3. The fraction of sp³-hybridized carbons (Fsp3) is 0.700. The van der Waals surface area contributed by atoms with Crippen molar-refractivity contribution in [1.29, 1.82) is 0 Å². The van der Waals surface area contributed by atoms with Crippen molar-refractivity contribution in [3.05, 3.63) is 11.6 Å². The average molecular weight is 225 g/mol. The molecule has 1 unspecified atom stereocenters. The Morgan fingerprint density at radius 1 is 1.56 bits per heavy atom. The maximum Gasteiger partial charge on any atom is 0.234 e. The van der Waals surface area contributed by atoms with Crippen LogP contribution in [0.15, 0.2) is 0 Å². The zero-order valence-electron chi connectivity index (χ0n) is 10.0. The van der Waals surface area contributed by atoms with Crippen molar-refractivity contribution in [2.75, 3.05) is 6.54 Å². The van der Waals surface area contributed by atoms with E-state index in [-0.39, 0.29) is 11.9 Å². The largest absolute Gasteiger partial charge is 0.368 e. The molecule has 1 atom stereocenters. The average Bonchev–Trinajstić information content (AvgIpc) is 2.51. The molecule has 0 saturated heterocycles. The van der Waals surface area contributed by atoms with Crippen LogP contribution < -0.4 is 11.1 Å². The van der Waals surface area contributed by atoms with E-state index in [1.165, 1.54) is 0 Å². The van der Waals surface area contributed by atoms with Crippen molar-refractivity contribution in [1.82, 2.24) is 20.1 Å². The summed E-state index contributed by atoms with van der Waals surface area (Å²) >= 11 is 0. The van der Waals surface area contributed by atoms with Gasteiger partial charge in [0.15, 0.2) is 0 Å². The SMILES string of the molecule is CCNC(CCn1nc(C)nc1C)C(N)=O. The lowest BCUT2D eigenvalue weighted by molar-refractivity contribution is -0.120. The fourth-order valence-electron chi connectivity index (χ4n) is 1.62. The fourth-order valence-corrected chi connectivity index (χ4v) is 1.62. The summed E-state index contributed by atoms with van der Waals surface area (Å²) in [5.41, 5.74) is 5.28. The first-order valence-electron chi connectivity index (χ1n) is 5.45. The number of hydrogen-bond donors (Lipinski definition) is 2. The van der Waals surface area contributed by atoms with Gasteiger partial charge >= 0.3 is 0 Å². The number of aryl methyl sites for hydroxylation is 3. The predicted octanol–water partition coefficient (Wildman–Crippen LogP) is -0.252. The molecule has 0 aliphatic heterocycles. The molecule has 1 aromatic rings. The standard InChI is InChI=1S/C10H19N5O/c1-4-12-9(10(11)16)5-6-15-8(3)13-7(2)14-15/h9,12H,4-6H2,1-3H3,(H2,11,16). The van der Waals surface area contributed by atoms with Gasteiger partial charge in [-0.3, -0.25) is 9.48 Å². The van der Waals surface area contributed by atoms with Crippen molar-refractivity contribution in [2.24, 2.45) is 5.73 Å². The van der Waals surface area contributed by atoms with E-state index in [4.69, 9.17) is 5.73 Å². The van der Waals surface area contributed by atoms with E-state index in [1.807, 2.05) is 20.8 Å². The zero-order valence-corrected chi connectivity index (χ0v) is 10.0. The second-order valence-corrected chi connectivity index (χ2v) is 3.73. The quantitative estimate of drug-likeness (QED) is 0.699. The molecule has 16 heavy (non-hydrogen) atoms. The summed E-state index contributed by atoms with van der Waals surface area (Å²) in [4.78, 5) is 15.3. The molecule has 1 amide bonds. The monoisotopic (exact) mass is 225 g/mol. The Morgan fingerprint density at radius 2 is 2.25 bits per heavy atom. The molecular weight excluding hydrogens is 206 g/mol. The Morgan fingerprint density at radius 3 is 2.69 bits per heavy atom. The first kappa shape index (κ1) is 12.6. The molecule has 90 valence electrons. The van der Waals surface area contributed by atoms with Crippen molar-refractivity contribution in [2.45, 2.75) is 39.8 Å². The van der Waals surface area contributed by atoms with Gasteiger partial charge in [-0.1, -0.05) is 6.92 Å². The Bertz CT molecular complexity index is 360. The number of primary amides is 1. The number of amides is 1. The predicted molar refractivity (Wildman–Crippen MR) is 60.8 cm³/mol. The lowest BCUT2D eigenvalue weighted by Crippen LogP contribution is -2.41. The summed E-state index contributed by atoms with van der Waals surface area (Å²) < 4.78 is 1.79. The number of carbonyl (C=O) groups is 1. The van der Waals surface area contributed by atoms with E-state index >= 15 is 0 Å². The Hall–Kier alpha value is -1.43. The minimum Gasteiger partial charge on any atom is -0.368 e. The third-order valence-corrected chi connectivity index (χ3v) is 2.39. The maximum atomic E-state index is 11.1. The number of aromatic nitrogens is 3. The minimum atomic E-state index is -0.323.